The van der Waals surface area contributed by atoms with Crippen LogP contribution in [-0.4, -0.2) is 16.1 Å². The SMILES string of the molecule is C=CN(F)C(=C)CCC(C)N1Cc2ccc(CC)cc2C1=C. The molecule has 1 atom stereocenters. The number of hydrogen-bond donors (Lipinski definition) is 0. The monoisotopic (exact) mass is 300 g/mol. The minimum Gasteiger partial charge on any atom is -0.364 e. The van der Waals surface area contributed by atoms with Crippen molar-refractivity contribution in [2.75, 3.05) is 0 Å². The number of aryl methyl sites for hydroxylation is 1. The number of hydrogen-bond acceptors (Lipinski definition) is 2. The Labute approximate surface area is 133 Å². The summed E-state index contributed by atoms with van der Waals surface area (Å²) in [6, 6.07) is 6.92. The van der Waals surface area contributed by atoms with E-state index in [2.05, 4.69) is 56.7 Å². The highest BCUT2D eigenvalue weighted by molar-refractivity contribution is 5.69. The van der Waals surface area contributed by atoms with Crippen molar-refractivity contribution < 1.29 is 4.48 Å². The first kappa shape index (κ1) is 16.3. The zero-order chi connectivity index (χ0) is 16.3. The van der Waals surface area contributed by atoms with Gasteiger partial charge in [-0.2, -0.15) is 5.12 Å². The van der Waals surface area contributed by atoms with E-state index >= 15 is 0 Å². The fourth-order valence-electron chi connectivity index (χ4n) is 2.87. The maximum atomic E-state index is 13.3. The van der Waals surface area contributed by atoms with Crippen molar-refractivity contribution in [3.05, 3.63) is 66.5 Å². The molecule has 2 nitrogen and oxygen atoms in total. The largest absolute Gasteiger partial charge is 0.364 e. The smallest absolute Gasteiger partial charge is 0.0442 e. The zero-order valence-electron chi connectivity index (χ0n) is 13.6. The van der Waals surface area contributed by atoms with Crippen LogP contribution in [0.3, 0.4) is 0 Å². The van der Waals surface area contributed by atoms with Crippen molar-refractivity contribution in [2.24, 2.45) is 0 Å². The molecular formula is C19H25FN2. The molecule has 1 aromatic carbocycles. The van der Waals surface area contributed by atoms with E-state index in [9.17, 15) is 4.48 Å². The van der Waals surface area contributed by atoms with Crippen LogP contribution in [-0.2, 0) is 13.0 Å². The Morgan fingerprint density at radius 3 is 2.86 bits per heavy atom. The van der Waals surface area contributed by atoms with Crippen LogP contribution in [0, 0.1) is 0 Å². The van der Waals surface area contributed by atoms with Gasteiger partial charge in [0.1, 0.15) is 0 Å². The first-order valence-electron chi connectivity index (χ1n) is 7.81. The Kier molecular flexibility index (Phi) is 5.07. The second-order valence-electron chi connectivity index (χ2n) is 5.87. The molecule has 2 rings (SSSR count). The maximum absolute atomic E-state index is 13.3. The molecule has 1 unspecified atom stereocenters. The van der Waals surface area contributed by atoms with E-state index in [-0.39, 0.29) is 0 Å². The molecular weight excluding hydrogens is 275 g/mol. The minimum atomic E-state index is 0.292. The zero-order valence-corrected chi connectivity index (χ0v) is 13.6. The second kappa shape index (κ2) is 6.82. The predicted octanol–water partition coefficient (Wildman–Crippen LogP) is 5.05. The van der Waals surface area contributed by atoms with Gasteiger partial charge in [0.15, 0.2) is 0 Å². The fraction of sp³-hybridized carbons (Fsp3) is 0.368. The van der Waals surface area contributed by atoms with Crippen LogP contribution < -0.4 is 0 Å². The lowest BCUT2D eigenvalue weighted by molar-refractivity contribution is 0.131. The Hall–Kier alpha value is -2.03. The lowest BCUT2D eigenvalue weighted by Gasteiger charge is -2.28. The van der Waals surface area contributed by atoms with Crippen molar-refractivity contribution in [1.29, 1.82) is 0 Å². The highest BCUT2D eigenvalue weighted by Crippen LogP contribution is 2.35. The number of fused-ring (bicyclic) bond motifs is 1. The molecule has 0 spiro atoms. The lowest BCUT2D eigenvalue weighted by Crippen LogP contribution is -2.27. The molecule has 3 heteroatoms. The molecule has 0 aliphatic carbocycles. The van der Waals surface area contributed by atoms with Crippen molar-refractivity contribution in [3.8, 4) is 0 Å². The Balaban J connectivity index is 2.01. The van der Waals surface area contributed by atoms with Crippen molar-refractivity contribution in [3.63, 3.8) is 0 Å². The third kappa shape index (κ3) is 3.24. The summed E-state index contributed by atoms with van der Waals surface area (Å²) in [5.74, 6) is 0. The van der Waals surface area contributed by atoms with Crippen LogP contribution in [0.4, 0.5) is 4.48 Å². The molecule has 118 valence electrons. The molecule has 0 saturated carbocycles. The van der Waals surface area contributed by atoms with Gasteiger partial charge in [-0.25, -0.2) is 0 Å². The molecule has 0 saturated heterocycles. The number of nitrogens with zero attached hydrogens (tertiary/aromatic N) is 2. The number of rotatable bonds is 7. The van der Waals surface area contributed by atoms with Gasteiger partial charge in [0, 0.05) is 35.7 Å². The minimum absolute atomic E-state index is 0.292. The van der Waals surface area contributed by atoms with Crippen LogP contribution in [0.2, 0.25) is 0 Å². The first-order valence-corrected chi connectivity index (χ1v) is 7.81. The summed E-state index contributed by atoms with van der Waals surface area (Å²) < 4.78 is 13.3. The summed E-state index contributed by atoms with van der Waals surface area (Å²) in [7, 11) is 0. The summed E-state index contributed by atoms with van der Waals surface area (Å²) in [4.78, 5) is 2.30. The van der Waals surface area contributed by atoms with Gasteiger partial charge < -0.3 is 4.90 Å². The summed E-state index contributed by atoms with van der Waals surface area (Å²) in [6.45, 7) is 16.6. The number of halogens is 1. The summed E-state index contributed by atoms with van der Waals surface area (Å²) >= 11 is 0. The van der Waals surface area contributed by atoms with Crippen molar-refractivity contribution in [2.45, 2.75) is 45.7 Å². The fourth-order valence-corrected chi connectivity index (χ4v) is 2.87. The normalized spacial score (nSPS) is 14.7. The highest BCUT2D eigenvalue weighted by Gasteiger charge is 2.26. The summed E-state index contributed by atoms with van der Waals surface area (Å²) in [5.41, 5.74) is 5.43. The Morgan fingerprint density at radius 2 is 2.23 bits per heavy atom. The second-order valence-corrected chi connectivity index (χ2v) is 5.87. The van der Waals surface area contributed by atoms with Crippen LogP contribution in [0.15, 0.2) is 49.8 Å². The summed E-state index contributed by atoms with van der Waals surface area (Å²) in [5, 5.41) is 0.494. The van der Waals surface area contributed by atoms with E-state index in [1.165, 1.54) is 16.7 Å². The quantitative estimate of drug-likeness (QED) is 0.650. The van der Waals surface area contributed by atoms with Gasteiger partial charge in [-0.15, -0.1) is 0 Å². The van der Waals surface area contributed by atoms with Gasteiger partial charge in [-0.3, -0.25) is 0 Å². The summed E-state index contributed by atoms with van der Waals surface area (Å²) in [6.07, 6.45) is 3.61. The molecule has 0 N–H and O–H groups in total. The van der Waals surface area contributed by atoms with E-state index in [1.54, 1.807) is 0 Å². The topological polar surface area (TPSA) is 6.48 Å². The third-order valence-electron chi connectivity index (χ3n) is 4.43. The molecule has 1 aromatic rings. The average Bonchev–Trinajstić information content (AvgIpc) is 2.87. The van der Waals surface area contributed by atoms with Gasteiger partial charge in [0.2, 0.25) is 0 Å². The number of allylic oxidation sites excluding steroid dienone is 1. The highest BCUT2D eigenvalue weighted by atomic mass is 19.2. The molecule has 22 heavy (non-hydrogen) atoms. The van der Waals surface area contributed by atoms with E-state index < -0.39 is 0 Å². The van der Waals surface area contributed by atoms with Crippen molar-refractivity contribution in [1.82, 2.24) is 10.0 Å². The van der Waals surface area contributed by atoms with Crippen LogP contribution in [0.5, 0.6) is 0 Å². The first-order chi connectivity index (χ1) is 10.5. The molecule has 0 fully saturated rings. The average molecular weight is 300 g/mol. The maximum Gasteiger partial charge on any atom is 0.0442 e. The molecule has 0 bridgehead atoms. The van der Waals surface area contributed by atoms with Crippen molar-refractivity contribution >= 4 is 5.70 Å². The molecule has 1 aliphatic heterocycles. The third-order valence-corrected chi connectivity index (χ3v) is 4.43. The molecule has 0 radical (unpaired) electrons. The predicted molar refractivity (Wildman–Crippen MR) is 91.4 cm³/mol. The Bertz CT molecular complexity index is 591. The van der Waals surface area contributed by atoms with Gasteiger partial charge in [-0.1, -0.05) is 43.3 Å². The van der Waals surface area contributed by atoms with E-state index in [1.807, 2.05) is 0 Å². The van der Waals surface area contributed by atoms with Gasteiger partial charge in [-0.05, 0) is 43.4 Å². The lowest BCUT2D eigenvalue weighted by atomic mass is 10.0. The van der Waals surface area contributed by atoms with Crippen LogP contribution in [0.1, 0.15) is 43.4 Å². The van der Waals surface area contributed by atoms with Gasteiger partial charge >= 0.3 is 0 Å². The molecule has 1 heterocycles. The standard InChI is InChI=1S/C19H25FN2/c1-6-17-10-11-18-13-21(16(5)19(18)12-17)14(3)8-9-15(4)22(20)7-2/h7,10-12,14H,2,4-6,8-9,13H2,1,3H3. The molecule has 0 aromatic heterocycles. The Morgan fingerprint density at radius 1 is 1.50 bits per heavy atom. The van der Waals surface area contributed by atoms with E-state index in [0.29, 0.717) is 23.3 Å². The van der Waals surface area contributed by atoms with E-state index in [4.69, 9.17) is 0 Å². The van der Waals surface area contributed by atoms with Gasteiger partial charge in [0.05, 0.1) is 0 Å². The molecule has 0 amide bonds. The van der Waals surface area contributed by atoms with E-state index in [0.717, 1.165) is 31.3 Å². The van der Waals surface area contributed by atoms with Crippen LogP contribution in [0.25, 0.3) is 5.70 Å². The number of benzene rings is 1. The molecule has 1 aliphatic rings. The van der Waals surface area contributed by atoms with Gasteiger partial charge in [0.25, 0.3) is 0 Å². The van der Waals surface area contributed by atoms with Crippen LogP contribution >= 0.6 is 0 Å².